The Hall–Kier alpha value is -1.89. The van der Waals surface area contributed by atoms with E-state index < -0.39 is 0 Å². The summed E-state index contributed by atoms with van der Waals surface area (Å²) in [6.45, 7) is 0. The van der Waals surface area contributed by atoms with Gasteiger partial charge in [-0.3, -0.25) is 4.68 Å². The van der Waals surface area contributed by atoms with Crippen LogP contribution in [-0.2, 0) is 7.05 Å². The monoisotopic (exact) mass is 158 g/mol. The van der Waals surface area contributed by atoms with Crippen LogP contribution in [0.25, 0.3) is 10.9 Å². The molecule has 2 rings (SSSR count). The molecule has 0 saturated heterocycles. The van der Waals surface area contributed by atoms with E-state index in [4.69, 9.17) is 5.26 Å². The van der Waals surface area contributed by atoms with E-state index in [2.05, 4.69) is 10.1 Å². The molecule has 2 aromatic heterocycles. The Bertz CT molecular complexity index is 463. The highest BCUT2D eigenvalue weighted by atomic mass is 15.2. The van der Waals surface area contributed by atoms with Gasteiger partial charge in [-0.15, -0.1) is 0 Å². The van der Waals surface area contributed by atoms with Gasteiger partial charge >= 0.3 is 0 Å². The highest BCUT2D eigenvalue weighted by Crippen LogP contribution is 2.12. The smallest absolute Gasteiger partial charge is 0.151 e. The van der Waals surface area contributed by atoms with Crippen LogP contribution >= 0.6 is 0 Å². The molecule has 0 bridgehead atoms. The first kappa shape index (κ1) is 6.80. The Morgan fingerprint density at radius 2 is 2.42 bits per heavy atom. The van der Waals surface area contributed by atoms with Crippen LogP contribution < -0.4 is 0 Å². The summed E-state index contributed by atoms with van der Waals surface area (Å²) in [5.74, 6) is 0. The number of pyridine rings is 1. The highest BCUT2D eigenvalue weighted by molar-refractivity contribution is 5.82. The van der Waals surface area contributed by atoms with Gasteiger partial charge in [0, 0.05) is 19.4 Å². The molecule has 0 saturated carbocycles. The van der Waals surface area contributed by atoms with Crippen molar-refractivity contribution in [3.05, 3.63) is 24.2 Å². The fourth-order valence-electron chi connectivity index (χ4n) is 1.15. The molecule has 0 atom stereocenters. The predicted molar refractivity (Wildman–Crippen MR) is 43.2 cm³/mol. The van der Waals surface area contributed by atoms with Gasteiger partial charge in [0.2, 0.25) is 0 Å². The maximum absolute atomic E-state index is 8.70. The van der Waals surface area contributed by atoms with Crippen LogP contribution in [0.5, 0.6) is 0 Å². The summed E-state index contributed by atoms with van der Waals surface area (Å²) in [6, 6.07) is 3.81. The second-order valence-corrected chi connectivity index (χ2v) is 2.51. The molecule has 2 aromatic rings. The van der Waals surface area contributed by atoms with E-state index in [1.54, 1.807) is 23.1 Å². The van der Waals surface area contributed by atoms with Gasteiger partial charge in [-0.25, -0.2) is 4.98 Å². The summed E-state index contributed by atoms with van der Waals surface area (Å²) >= 11 is 0. The van der Waals surface area contributed by atoms with E-state index in [0.29, 0.717) is 5.69 Å². The number of rotatable bonds is 0. The molecule has 58 valence electrons. The first-order valence-corrected chi connectivity index (χ1v) is 3.50. The number of nitriles is 1. The Kier molecular flexibility index (Phi) is 1.31. The van der Waals surface area contributed by atoms with Gasteiger partial charge in [0.05, 0.1) is 10.9 Å². The zero-order valence-corrected chi connectivity index (χ0v) is 6.52. The number of fused-ring (bicyclic) bond motifs is 1. The summed E-state index contributed by atoms with van der Waals surface area (Å²) < 4.78 is 1.67. The predicted octanol–water partition coefficient (Wildman–Crippen LogP) is 0.840. The lowest BCUT2D eigenvalue weighted by Crippen LogP contribution is -1.84. The lowest BCUT2D eigenvalue weighted by atomic mass is 10.2. The van der Waals surface area contributed by atoms with E-state index in [-0.39, 0.29) is 0 Å². The van der Waals surface area contributed by atoms with Gasteiger partial charge in [0.1, 0.15) is 6.07 Å². The standard InChI is InChI=1S/C8H6N4/c1-12-5-6-7(11-12)2-3-10-8(6)4-9/h2-3,5H,1H3. The number of hydrogen-bond donors (Lipinski definition) is 0. The molecule has 0 aliphatic carbocycles. The minimum atomic E-state index is 0.431. The normalized spacial score (nSPS) is 10.0. The Morgan fingerprint density at radius 3 is 3.17 bits per heavy atom. The summed E-state index contributed by atoms with van der Waals surface area (Å²) in [5.41, 5.74) is 1.24. The maximum atomic E-state index is 8.70. The van der Waals surface area contributed by atoms with E-state index in [0.717, 1.165) is 10.9 Å². The molecule has 0 aliphatic heterocycles. The molecule has 0 aliphatic rings. The molecular formula is C8H6N4. The number of aromatic nitrogens is 3. The lowest BCUT2D eigenvalue weighted by Gasteiger charge is -1.86. The van der Waals surface area contributed by atoms with Crippen molar-refractivity contribution in [3.8, 4) is 6.07 Å². The maximum Gasteiger partial charge on any atom is 0.151 e. The highest BCUT2D eigenvalue weighted by Gasteiger charge is 2.03. The van der Waals surface area contributed by atoms with Crippen molar-refractivity contribution in [2.24, 2.45) is 7.05 Å². The summed E-state index contributed by atoms with van der Waals surface area (Å²) in [5, 5.41) is 13.7. The molecule has 0 spiro atoms. The molecular weight excluding hydrogens is 152 g/mol. The zero-order valence-electron chi connectivity index (χ0n) is 6.52. The molecule has 12 heavy (non-hydrogen) atoms. The molecule has 4 heteroatoms. The topological polar surface area (TPSA) is 54.5 Å². The fourth-order valence-corrected chi connectivity index (χ4v) is 1.15. The molecule has 0 aromatic carbocycles. The molecule has 2 heterocycles. The number of aryl methyl sites for hydroxylation is 1. The molecule has 4 nitrogen and oxygen atoms in total. The SMILES string of the molecule is Cn1cc2c(C#N)nccc2n1. The van der Waals surface area contributed by atoms with Crippen LogP contribution in [-0.4, -0.2) is 14.8 Å². The lowest BCUT2D eigenvalue weighted by molar-refractivity contribution is 0.780. The Balaban J connectivity index is 2.89. The molecule has 0 amide bonds. The zero-order chi connectivity index (χ0) is 8.55. The molecule has 0 N–H and O–H groups in total. The van der Waals surface area contributed by atoms with Crippen molar-refractivity contribution in [2.75, 3.05) is 0 Å². The second-order valence-electron chi connectivity index (χ2n) is 2.51. The van der Waals surface area contributed by atoms with Crippen molar-refractivity contribution < 1.29 is 0 Å². The average molecular weight is 158 g/mol. The van der Waals surface area contributed by atoms with Gasteiger partial charge in [-0.2, -0.15) is 10.4 Å². The van der Waals surface area contributed by atoms with E-state index >= 15 is 0 Å². The van der Waals surface area contributed by atoms with Crippen LogP contribution in [0.4, 0.5) is 0 Å². The molecule has 0 fully saturated rings. The Labute approximate surface area is 69.1 Å². The summed E-state index contributed by atoms with van der Waals surface area (Å²) in [7, 11) is 1.82. The summed E-state index contributed by atoms with van der Waals surface area (Å²) in [4.78, 5) is 3.92. The van der Waals surface area contributed by atoms with Gasteiger partial charge in [-0.1, -0.05) is 0 Å². The fraction of sp³-hybridized carbons (Fsp3) is 0.125. The van der Waals surface area contributed by atoms with E-state index in [9.17, 15) is 0 Å². The van der Waals surface area contributed by atoms with Gasteiger partial charge < -0.3 is 0 Å². The average Bonchev–Trinajstić information content (AvgIpc) is 2.44. The minimum absolute atomic E-state index is 0.431. The van der Waals surface area contributed by atoms with Crippen molar-refractivity contribution in [1.29, 1.82) is 5.26 Å². The minimum Gasteiger partial charge on any atom is -0.274 e. The van der Waals surface area contributed by atoms with Crippen molar-refractivity contribution in [1.82, 2.24) is 14.8 Å². The largest absolute Gasteiger partial charge is 0.274 e. The van der Waals surface area contributed by atoms with Crippen LogP contribution in [0.1, 0.15) is 5.69 Å². The quantitative estimate of drug-likeness (QED) is 0.570. The van der Waals surface area contributed by atoms with Crippen molar-refractivity contribution in [3.63, 3.8) is 0 Å². The van der Waals surface area contributed by atoms with Gasteiger partial charge in [0.25, 0.3) is 0 Å². The van der Waals surface area contributed by atoms with Gasteiger partial charge in [-0.05, 0) is 6.07 Å². The van der Waals surface area contributed by atoms with E-state index in [1.165, 1.54) is 0 Å². The third-order valence-electron chi connectivity index (χ3n) is 1.65. The molecule has 0 unspecified atom stereocenters. The van der Waals surface area contributed by atoms with Crippen LogP contribution in [0.3, 0.4) is 0 Å². The van der Waals surface area contributed by atoms with Gasteiger partial charge in [0.15, 0.2) is 5.69 Å². The summed E-state index contributed by atoms with van der Waals surface area (Å²) in [6.07, 6.45) is 3.38. The third-order valence-corrected chi connectivity index (χ3v) is 1.65. The van der Waals surface area contributed by atoms with Crippen molar-refractivity contribution >= 4 is 10.9 Å². The number of hydrogen-bond acceptors (Lipinski definition) is 3. The first-order valence-electron chi connectivity index (χ1n) is 3.50. The second kappa shape index (κ2) is 2.31. The van der Waals surface area contributed by atoms with Crippen molar-refractivity contribution in [2.45, 2.75) is 0 Å². The Morgan fingerprint density at radius 1 is 1.58 bits per heavy atom. The van der Waals surface area contributed by atoms with Crippen LogP contribution in [0.2, 0.25) is 0 Å². The molecule has 0 radical (unpaired) electrons. The first-order chi connectivity index (χ1) is 5.81. The third kappa shape index (κ3) is 0.839. The number of nitrogens with zero attached hydrogens (tertiary/aromatic N) is 4. The van der Waals surface area contributed by atoms with Crippen LogP contribution in [0, 0.1) is 11.3 Å². The van der Waals surface area contributed by atoms with E-state index in [1.807, 2.05) is 13.1 Å². The van der Waals surface area contributed by atoms with Crippen LogP contribution in [0.15, 0.2) is 18.5 Å².